The molecule has 1 aliphatic heterocycles. The van der Waals surface area contributed by atoms with E-state index in [1.165, 1.54) is 0 Å². The lowest BCUT2D eigenvalue weighted by atomic mass is 10.1. The number of nitrogens with one attached hydrogen (secondary N) is 2. The molecule has 0 bridgehead atoms. The van der Waals surface area contributed by atoms with E-state index in [0.717, 1.165) is 69.4 Å². The van der Waals surface area contributed by atoms with Crippen LogP contribution in [0.4, 0.5) is 0 Å². The molecule has 1 aromatic rings. The Bertz CT molecular complexity index is 639. The zero-order valence-electron chi connectivity index (χ0n) is 20.3. The fraction of sp³-hybridized carbons (Fsp3) is 0.708. The van der Waals surface area contributed by atoms with E-state index in [1.54, 1.807) is 7.05 Å². The number of likely N-dealkylation sites (N-methyl/N-ethyl adjacent to an activating group) is 1. The molecule has 0 atom stereocenters. The smallest absolute Gasteiger partial charge is 0.191 e. The Labute approximate surface area is 211 Å². The topological polar surface area (TPSA) is 67.4 Å². The van der Waals surface area contributed by atoms with Gasteiger partial charge in [-0.2, -0.15) is 0 Å². The normalized spacial score (nSPS) is 15.0. The van der Waals surface area contributed by atoms with Gasteiger partial charge in [0, 0.05) is 52.5 Å². The molecule has 2 rings (SSSR count). The average Bonchev–Trinajstić information content (AvgIpc) is 2.78. The molecule has 184 valence electrons. The van der Waals surface area contributed by atoms with E-state index in [0.29, 0.717) is 31.7 Å². The van der Waals surface area contributed by atoms with Gasteiger partial charge in [0.1, 0.15) is 12.4 Å². The molecular formula is C24H43IN4O3. The maximum Gasteiger partial charge on any atom is 0.191 e. The highest BCUT2D eigenvalue weighted by Gasteiger charge is 2.17. The van der Waals surface area contributed by atoms with E-state index in [4.69, 9.17) is 14.2 Å². The van der Waals surface area contributed by atoms with Crippen molar-refractivity contribution in [3.63, 3.8) is 0 Å². The quantitative estimate of drug-likeness (QED) is 0.166. The van der Waals surface area contributed by atoms with Gasteiger partial charge in [-0.1, -0.05) is 26.0 Å². The number of benzene rings is 1. The molecule has 2 N–H and O–H groups in total. The van der Waals surface area contributed by atoms with Gasteiger partial charge in [-0.15, -0.1) is 24.0 Å². The molecule has 32 heavy (non-hydrogen) atoms. The summed E-state index contributed by atoms with van der Waals surface area (Å²) < 4.78 is 17.1. The number of ether oxygens (including phenoxy) is 3. The van der Waals surface area contributed by atoms with E-state index < -0.39 is 0 Å². The summed E-state index contributed by atoms with van der Waals surface area (Å²) in [5.41, 5.74) is 1.16. The van der Waals surface area contributed by atoms with Crippen LogP contribution in [0, 0.1) is 5.92 Å². The first-order chi connectivity index (χ1) is 15.1. The van der Waals surface area contributed by atoms with E-state index >= 15 is 0 Å². The van der Waals surface area contributed by atoms with Crippen LogP contribution < -0.4 is 15.4 Å². The molecule has 0 radical (unpaired) electrons. The van der Waals surface area contributed by atoms with Crippen LogP contribution in [-0.2, 0) is 16.0 Å². The Balaban J connectivity index is 0.00000512. The van der Waals surface area contributed by atoms with Gasteiger partial charge in [-0.25, -0.2) is 0 Å². The Morgan fingerprint density at radius 2 is 1.97 bits per heavy atom. The first-order valence-corrected chi connectivity index (χ1v) is 11.6. The maximum absolute atomic E-state index is 6.00. The third-order valence-corrected chi connectivity index (χ3v) is 5.49. The molecule has 1 aliphatic rings. The predicted octanol–water partition coefficient (Wildman–Crippen LogP) is 3.52. The van der Waals surface area contributed by atoms with Crippen molar-refractivity contribution in [3.8, 4) is 5.75 Å². The second-order valence-electron chi connectivity index (χ2n) is 8.47. The first kappa shape index (κ1) is 28.9. The Kier molecular flexibility index (Phi) is 15.7. The highest BCUT2D eigenvalue weighted by molar-refractivity contribution is 14.0. The van der Waals surface area contributed by atoms with Gasteiger partial charge in [0.15, 0.2) is 5.96 Å². The second kappa shape index (κ2) is 17.4. The van der Waals surface area contributed by atoms with Crippen molar-refractivity contribution in [3.05, 3.63) is 29.8 Å². The third-order valence-electron chi connectivity index (χ3n) is 5.49. The summed E-state index contributed by atoms with van der Waals surface area (Å²) >= 11 is 0. The van der Waals surface area contributed by atoms with Crippen LogP contribution >= 0.6 is 24.0 Å². The minimum Gasteiger partial charge on any atom is -0.492 e. The van der Waals surface area contributed by atoms with Gasteiger partial charge in [-0.05, 0) is 49.9 Å². The van der Waals surface area contributed by atoms with E-state index in [-0.39, 0.29) is 24.0 Å². The van der Waals surface area contributed by atoms with Gasteiger partial charge < -0.3 is 24.8 Å². The van der Waals surface area contributed by atoms with Crippen molar-refractivity contribution >= 4 is 29.9 Å². The molecule has 7 nitrogen and oxygen atoms in total. The van der Waals surface area contributed by atoms with Crippen LogP contribution in [-0.4, -0.2) is 77.1 Å². The van der Waals surface area contributed by atoms with Crippen molar-refractivity contribution in [1.29, 1.82) is 0 Å². The van der Waals surface area contributed by atoms with E-state index in [1.807, 2.05) is 12.1 Å². The number of hydrogen-bond donors (Lipinski definition) is 2. The molecule has 0 unspecified atom stereocenters. The second-order valence-corrected chi connectivity index (χ2v) is 8.47. The van der Waals surface area contributed by atoms with Crippen LogP contribution in [0.3, 0.4) is 0 Å². The summed E-state index contributed by atoms with van der Waals surface area (Å²) in [7, 11) is 3.96. The molecule has 1 saturated heterocycles. The lowest BCUT2D eigenvalue weighted by Crippen LogP contribution is -2.38. The van der Waals surface area contributed by atoms with Crippen LogP contribution in [0.5, 0.6) is 5.75 Å². The fourth-order valence-electron chi connectivity index (χ4n) is 3.43. The number of rotatable bonds is 13. The number of aliphatic imine (C=N–C) groups is 1. The van der Waals surface area contributed by atoms with Gasteiger partial charge in [0.25, 0.3) is 0 Å². The predicted molar refractivity (Wildman–Crippen MR) is 142 cm³/mol. The highest BCUT2D eigenvalue weighted by Crippen LogP contribution is 2.15. The van der Waals surface area contributed by atoms with E-state index in [9.17, 15) is 0 Å². The standard InChI is InChI=1S/C24H42N4O3.HI/c1-20(2)8-13-30-16-11-26-24(25-3)27-19-21-6-5-7-23(18-21)31-17-12-28(4)22-9-14-29-15-10-22;/h5-7,18,20,22H,8-17,19H2,1-4H3,(H2,25,26,27);1H. The Morgan fingerprint density at radius 3 is 2.69 bits per heavy atom. The monoisotopic (exact) mass is 562 g/mol. The fourth-order valence-corrected chi connectivity index (χ4v) is 3.43. The van der Waals surface area contributed by atoms with Gasteiger partial charge >= 0.3 is 0 Å². The lowest BCUT2D eigenvalue weighted by molar-refractivity contribution is 0.0392. The lowest BCUT2D eigenvalue weighted by Gasteiger charge is -2.31. The zero-order chi connectivity index (χ0) is 22.3. The number of hydrogen-bond acceptors (Lipinski definition) is 5. The van der Waals surface area contributed by atoms with Gasteiger partial charge in [-0.3, -0.25) is 9.89 Å². The largest absolute Gasteiger partial charge is 0.492 e. The highest BCUT2D eigenvalue weighted by atomic mass is 127. The third kappa shape index (κ3) is 12.2. The maximum atomic E-state index is 6.00. The van der Waals surface area contributed by atoms with Gasteiger partial charge in [0.05, 0.1) is 6.61 Å². The molecule has 1 aromatic carbocycles. The molecule has 0 spiro atoms. The van der Waals surface area contributed by atoms with Crippen molar-refractivity contribution in [2.45, 2.75) is 45.7 Å². The van der Waals surface area contributed by atoms with Crippen LogP contribution in [0.2, 0.25) is 0 Å². The number of guanidine groups is 1. The minimum atomic E-state index is 0. The summed E-state index contributed by atoms with van der Waals surface area (Å²) in [4.78, 5) is 6.66. The summed E-state index contributed by atoms with van der Waals surface area (Å²) in [6.45, 7) is 10.7. The minimum absolute atomic E-state index is 0. The van der Waals surface area contributed by atoms with Crippen LogP contribution in [0.15, 0.2) is 29.3 Å². The Morgan fingerprint density at radius 1 is 1.19 bits per heavy atom. The van der Waals surface area contributed by atoms with Crippen molar-refractivity contribution in [2.75, 3.05) is 60.2 Å². The Hall–Kier alpha value is -1.10. The van der Waals surface area contributed by atoms with Crippen molar-refractivity contribution in [2.24, 2.45) is 10.9 Å². The average molecular weight is 563 g/mol. The summed E-state index contributed by atoms with van der Waals surface area (Å²) in [5.74, 6) is 2.35. The molecule has 1 fully saturated rings. The zero-order valence-corrected chi connectivity index (χ0v) is 22.6. The number of halogens is 1. The van der Waals surface area contributed by atoms with Crippen LogP contribution in [0.25, 0.3) is 0 Å². The van der Waals surface area contributed by atoms with E-state index in [2.05, 4.69) is 53.6 Å². The molecule has 0 amide bonds. The molecule has 0 aliphatic carbocycles. The van der Waals surface area contributed by atoms with Crippen molar-refractivity contribution < 1.29 is 14.2 Å². The van der Waals surface area contributed by atoms with Crippen LogP contribution in [0.1, 0.15) is 38.7 Å². The van der Waals surface area contributed by atoms with Crippen molar-refractivity contribution in [1.82, 2.24) is 15.5 Å². The summed E-state index contributed by atoms with van der Waals surface area (Å²) in [6.07, 6.45) is 3.31. The molecule has 1 heterocycles. The molecular weight excluding hydrogens is 519 g/mol. The molecule has 0 aromatic heterocycles. The summed E-state index contributed by atoms with van der Waals surface area (Å²) in [6, 6.07) is 8.83. The SMILES string of the molecule is CN=C(NCCOCCC(C)C)NCc1cccc(OCCN(C)C2CCOCC2)c1.I. The molecule has 0 saturated carbocycles. The molecule has 8 heteroatoms. The summed E-state index contributed by atoms with van der Waals surface area (Å²) in [5, 5.41) is 6.64. The number of nitrogens with zero attached hydrogens (tertiary/aromatic N) is 2. The first-order valence-electron chi connectivity index (χ1n) is 11.6. The van der Waals surface area contributed by atoms with Gasteiger partial charge in [0.2, 0.25) is 0 Å².